The van der Waals surface area contributed by atoms with Crippen LogP contribution in [0.4, 0.5) is 22.5 Å². The second-order valence-corrected chi connectivity index (χ2v) is 8.94. The number of aryl methyl sites for hydroxylation is 1. The van der Waals surface area contributed by atoms with Crippen molar-refractivity contribution < 1.29 is 13.2 Å². The largest absolute Gasteiger partial charge is 0.383 e. The maximum absolute atomic E-state index is 11.3. The number of benzene rings is 1. The van der Waals surface area contributed by atoms with Gasteiger partial charge in [-0.1, -0.05) is 11.3 Å². The summed E-state index contributed by atoms with van der Waals surface area (Å²) in [6, 6.07) is 8.67. The zero-order chi connectivity index (χ0) is 20.9. The van der Waals surface area contributed by atoms with E-state index in [-0.39, 0.29) is 0 Å². The minimum absolute atomic E-state index is 0.438. The van der Waals surface area contributed by atoms with Crippen molar-refractivity contribution >= 4 is 43.8 Å². The number of anilines is 4. The number of thiazole rings is 1. The molecule has 29 heavy (non-hydrogen) atoms. The highest BCUT2D eigenvalue weighted by atomic mass is 32.2. The van der Waals surface area contributed by atoms with Gasteiger partial charge in [-0.3, -0.25) is 4.72 Å². The first-order chi connectivity index (χ1) is 13.8. The van der Waals surface area contributed by atoms with Crippen molar-refractivity contribution in [2.45, 2.75) is 6.92 Å². The second kappa shape index (κ2) is 9.16. The fourth-order valence-electron chi connectivity index (χ4n) is 2.48. The molecule has 0 bridgehead atoms. The molecular formula is C18H22N6O3S2. The van der Waals surface area contributed by atoms with Crippen LogP contribution in [0.15, 0.2) is 36.5 Å². The Morgan fingerprint density at radius 1 is 1.10 bits per heavy atom. The van der Waals surface area contributed by atoms with E-state index in [4.69, 9.17) is 4.74 Å². The Balaban J connectivity index is 1.73. The molecular weight excluding hydrogens is 412 g/mol. The quantitative estimate of drug-likeness (QED) is 0.440. The Bertz CT molecular complexity index is 1070. The average molecular weight is 435 g/mol. The molecule has 3 N–H and O–H groups in total. The number of ether oxygens (including phenoxy) is 1. The van der Waals surface area contributed by atoms with E-state index < -0.39 is 10.0 Å². The number of hydrogen-bond donors (Lipinski definition) is 3. The summed E-state index contributed by atoms with van der Waals surface area (Å²) >= 11 is 1.52. The fourth-order valence-corrected chi connectivity index (χ4v) is 4.01. The van der Waals surface area contributed by atoms with Crippen LogP contribution < -0.4 is 15.4 Å². The van der Waals surface area contributed by atoms with E-state index in [1.807, 2.05) is 13.0 Å². The molecule has 2 aromatic heterocycles. The average Bonchev–Trinajstić information content (AvgIpc) is 3.03. The molecule has 3 rings (SSSR count). The van der Waals surface area contributed by atoms with Crippen LogP contribution in [0.1, 0.15) is 5.69 Å². The summed E-state index contributed by atoms with van der Waals surface area (Å²) in [5.41, 5.74) is 2.88. The predicted molar refractivity (Wildman–Crippen MR) is 116 cm³/mol. The Labute approximate surface area is 173 Å². The lowest BCUT2D eigenvalue weighted by Crippen LogP contribution is -2.09. The van der Waals surface area contributed by atoms with E-state index in [0.717, 1.165) is 33.3 Å². The molecule has 0 saturated heterocycles. The monoisotopic (exact) mass is 434 g/mol. The van der Waals surface area contributed by atoms with Gasteiger partial charge in [0.15, 0.2) is 5.13 Å². The summed E-state index contributed by atoms with van der Waals surface area (Å²) in [6.07, 6.45) is 2.79. The molecule has 0 saturated carbocycles. The lowest BCUT2D eigenvalue weighted by molar-refractivity contribution is 0.211. The molecule has 0 amide bonds. The lowest BCUT2D eigenvalue weighted by Gasteiger charge is -2.08. The summed E-state index contributed by atoms with van der Waals surface area (Å²) < 4.78 is 30.0. The van der Waals surface area contributed by atoms with E-state index in [2.05, 4.69) is 30.3 Å². The normalized spacial score (nSPS) is 11.3. The Kier molecular flexibility index (Phi) is 6.62. The van der Waals surface area contributed by atoms with Crippen molar-refractivity contribution in [2.24, 2.45) is 0 Å². The number of nitrogens with zero attached hydrogens (tertiary/aromatic N) is 3. The number of rotatable bonds is 9. The van der Waals surface area contributed by atoms with Gasteiger partial charge in [0.1, 0.15) is 0 Å². The van der Waals surface area contributed by atoms with E-state index in [0.29, 0.717) is 24.8 Å². The van der Waals surface area contributed by atoms with Crippen LogP contribution in [0.25, 0.3) is 10.6 Å². The van der Waals surface area contributed by atoms with Gasteiger partial charge in [-0.25, -0.2) is 23.4 Å². The highest BCUT2D eigenvalue weighted by molar-refractivity contribution is 7.92. The number of methoxy groups -OCH3 is 1. The molecule has 0 aliphatic rings. The van der Waals surface area contributed by atoms with Crippen LogP contribution in [0.2, 0.25) is 0 Å². The lowest BCUT2D eigenvalue weighted by atomic mass is 10.3. The molecule has 9 nitrogen and oxygen atoms in total. The molecule has 1 aromatic carbocycles. The van der Waals surface area contributed by atoms with Gasteiger partial charge in [-0.2, -0.15) is 0 Å². The minimum Gasteiger partial charge on any atom is -0.383 e. The molecule has 0 spiro atoms. The van der Waals surface area contributed by atoms with Crippen LogP contribution in [0, 0.1) is 6.92 Å². The maximum atomic E-state index is 11.3. The predicted octanol–water partition coefficient (Wildman–Crippen LogP) is 3.08. The summed E-state index contributed by atoms with van der Waals surface area (Å²) in [7, 11) is -1.65. The zero-order valence-corrected chi connectivity index (χ0v) is 17.9. The molecule has 0 fully saturated rings. The Hall–Kier alpha value is -2.76. The van der Waals surface area contributed by atoms with Crippen LogP contribution in [0.5, 0.6) is 0 Å². The smallest absolute Gasteiger partial charge is 0.229 e. The highest BCUT2D eigenvalue weighted by Crippen LogP contribution is 2.32. The van der Waals surface area contributed by atoms with Crippen molar-refractivity contribution in [2.75, 3.05) is 41.9 Å². The van der Waals surface area contributed by atoms with Gasteiger partial charge in [-0.15, -0.1) is 0 Å². The van der Waals surface area contributed by atoms with Gasteiger partial charge in [0.05, 0.1) is 29.1 Å². The van der Waals surface area contributed by atoms with E-state index >= 15 is 0 Å². The van der Waals surface area contributed by atoms with Crippen molar-refractivity contribution in [1.29, 1.82) is 0 Å². The van der Waals surface area contributed by atoms with E-state index in [1.165, 1.54) is 11.3 Å². The first-order valence-electron chi connectivity index (χ1n) is 8.72. The molecule has 0 aliphatic heterocycles. The SMILES string of the molecule is COCCNc1nc(C)c(-c2ccnc(Nc3ccc(NS(C)(=O)=O)cc3)n2)s1. The molecule has 3 aromatic rings. The number of nitrogens with one attached hydrogen (secondary N) is 3. The van der Waals surface area contributed by atoms with Gasteiger partial charge in [0, 0.05) is 31.2 Å². The van der Waals surface area contributed by atoms with Crippen LogP contribution in [-0.2, 0) is 14.8 Å². The number of hydrogen-bond acceptors (Lipinski definition) is 9. The standard InChI is InChI=1S/C18H22N6O3S2/c1-12-16(28-18(21-12)20-10-11-27-2)15-8-9-19-17(23-15)22-13-4-6-14(7-5-13)24-29(3,25)26/h4-9,24H,10-11H2,1-3H3,(H,20,21)(H,19,22,23). The van der Waals surface area contributed by atoms with Crippen molar-refractivity contribution in [3.05, 3.63) is 42.2 Å². The van der Waals surface area contributed by atoms with E-state index in [9.17, 15) is 8.42 Å². The molecule has 154 valence electrons. The first kappa shape index (κ1) is 21.0. The first-order valence-corrected chi connectivity index (χ1v) is 11.4. The Morgan fingerprint density at radius 2 is 1.83 bits per heavy atom. The number of sulfonamides is 1. The Morgan fingerprint density at radius 3 is 2.52 bits per heavy atom. The van der Waals surface area contributed by atoms with Crippen molar-refractivity contribution in [3.8, 4) is 10.6 Å². The van der Waals surface area contributed by atoms with Crippen molar-refractivity contribution in [3.63, 3.8) is 0 Å². The summed E-state index contributed by atoms with van der Waals surface area (Å²) in [5, 5.41) is 7.17. The summed E-state index contributed by atoms with van der Waals surface area (Å²) in [5.74, 6) is 0.438. The topological polar surface area (TPSA) is 118 Å². The number of aromatic nitrogens is 3. The van der Waals surface area contributed by atoms with Crippen LogP contribution >= 0.6 is 11.3 Å². The van der Waals surface area contributed by atoms with Crippen LogP contribution in [-0.4, -0.2) is 49.9 Å². The molecule has 0 atom stereocenters. The van der Waals surface area contributed by atoms with Crippen LogP contribution in [0.3, 0.4) is 0 Å². The third-order valence-corrected chi connectivity index (χ3v) is 5.46. The third-order valence-electron chi connectivity index (χ3n) is 3.71. The highest BCUT2D eigenvalue weighted by Gasteiger charge is 2.12. The third kappa shape index (κ3) is 6.11. The second-order valence-electron chi connectivity index (χ2n) is 6.20. The fraction of sp³-hybridized carbons (Fsp3) is 0.278. The zero-order valence-electron chi connectivity index (χ0n) is 16.3. The summed E-state index contributed by atoms with van der Waals surface area (Å²) in [6.45, 7) is 3.23. The van der Waals surface area contributed by atoms with E-state index in [1.54, 1.807) is 37.6 Å². The van der Waals surface area contributed by atoms with Gasteiger partial charge in [0.2, 0.25) is 16.0 Å². The molecule has 0 radical (unpaired) electrons. The minimum atomic E-state index is -3.31. The summed E-state index contributed by atoms with van der Waals surface area (Å²) in [4.78, 5) is 14.3. The molecule has 2 heterocycles. The van der Waals surface area contributed by atoms with Gasteiger partial charge < -0.3 is 15.4 Å². The molecule has 0 unspecified atom stereocenters. The van der Waals surface area contributed by atoms with Crippen molar-refractivity contribution in [1.82, 2.24) is 15.0 Å². The van der Waals surface area contributed by atoms with Gasteiger partial charge in [0.25, 0.3) is 0 Å². The maximum Gasteiger partial charge on any atom is 0.229 e. The molecule has 11 heteroatoms. The van der Waals surface area contributed by atoms with Gasteiger partial charge in [-0.05, 0) is 37.3 Å². The molecule has 0 aliphatic carbocycles. The van der Waals surface area contributed by atoms with Gasteiger partial charge >= 0.3 is 0 Å².